The van der Waals surface area contributed by atoms with Gasteiger partial charge in [0, 0.05) is 6.42 Å². The lowest BCUT2D eigenvalue weighted by atomic mass is 10.0. The summed E-state index contributed by atoms with van der Waals surface area (Å²) in [4.78, 5) is 26.8. The van der Waals surface area contributed by atoms with Crippen LogP contribution in [0.5, 0.6) is 0 Å². The van der Waals surface area contributed by atoms with E-state index in [1.54, 1.807) is 11.8 Å². The van der Waals surface area contributed by atoms with Crippen LogP contribution in [0.15, 0.2) is 30.3 Å². The molecular formula is C23H37NO5Si. The second-order valence-electron chi connectivity index (χ2n) is 10.1. The predicted octanol–water partition coefficient (Wildman–Crippen LogP) is 5.13. The van der Waals surface area contributed by atoms with Gasteiger partial charge in [-0.2, -0.15) is 0 Å². The van der Waals surface area contributed by atoms with Crippen molar-refractivity contribution < 1.29 is 23.5 Å². The SMILES string of the molecule is CC(=O)C[C@@H](O[Si](C)(C)C(C)(C)C)[C@@H]1COC(C)(C)N1C(=O)OCc1ccccc1. The highest BCUT2D eigenvalue weighted by atomic mass is 28.4. The average molecular weight is 436 g/mol. The Kier molecular flexibility index (Phi) is 7.53. The molecule has 1 fully saturated rings. The first-order valence-electron chi connectivity index (χ1n) is 10.6. The summed E-state index contributed by atoms with van der Waals surface area (Å²) in [5.41, 5.74) is 0.0719. The molecule has 0 bridgehead atoms. The van der Waals surface area contributed by atoms with Gasteiger partial charge < -0.3 is 13.9 Å². The molecule has 0 aromatic heterocycles. The van der Waals surface area contributed by atoms with Gasteiger partial charge in [0.2, 0.25) is 0 Å². The zero-order chi connectivity index (χ0) is 22.7. The molecule has 1 aromatic carbocycles. The summed E-state index contributed by atoms with van der Waals surface area (Å²) in [6.07, 6.45) is -0.660. The normalized spacial score (nSPS) is 20.1. The number of carbonyl (C=O) groups is 2. The third-order valence-corrected chi connectivity index (χ3v) is 10.6. The van der Waals surface area contributed by atoms with Gasteiger partial charge in [-0.3, -0.25) is 9.69 Å². The number of hydrogen-bond acceptors (Lipinski definition) is 5. The maximum atomic E-state index is 13.1. The largest absolute Gasteiger partial charge is 0.444 e. The minimum absolute atomic E-state index is 0.0182. The standard InChI is InChI=1S/C23H37NO5Si/c1-17(25)14-20(29-30(7,8)22(2,3)4)19-16-28-23(5,6)24(19)21(26)27-15-18-12-10-9-11-13-18/h9-13,19-20H,14-16H2,1-8H3/t19-,20+/m0/s1. The molecule has 0 saturated carbocycles. The van der Waals surface area contributed by atoms with Gasteiger partial charge in [-0.1, -0.05) is 51.1 Å². The van der Waals surface area contributed by atoms with Gasteiger partial charge in [0.1, 0.15) is 18.1 Å². The Morgan fingerprint density at radius 3 is 2.37 bits per heavy atom. The molecule has 2 atom stereocenters. The zero-order valence-electron chi connectivity index (χ0n) is 19.7. The highest BCUT2D eigenvalue weighted by molar-refractivity contribution is 6.74. The Bertz CT molecular complexity index is 742. The van der Waals surface area contributed by atoms with Crippen molar-refractivity contribution >= 4 is 20.2 Å². The molecule has 1 heterocycles. The number of benzene rings is 1. The molecule has 0 aliphatic carbocycles. The second kappa shape index (κ2) is 9.20. The number of ketones is 1. The summed E-state index contributed by atoms with van der Waals surface area (Å²) in [6, 6.07) is 9.17. The van der Waals surface area contributed by atoms with Gasteiger partial charge in [0.25, 0.3) is 0 Å². The first kappa shape index (κ1) is 24.6. The van der Waals surface area contributed by atoms with Crippen LogP contribution < -0.4 is 0 Å². The van der Waals surface area contributed by atoms with Crippen molar-refractivity contribution in [1.29, 1.82) is 0 Å². The molecule has 0 N–H and O–H groups in total. The van der Waals surface area contributed by atoms with Crippen LogP contribution in [0.2, 0.25) is 18.1 Å². The van der Waals surface area contributed by atoms with Crippen LogP contribution in [-0.4, -0.2) is 49.6 Å². The Morgan fingerprint density at radius 1 is 1.23 bits per heavy atom. The number of hydrogen-bond donors (Lipinski definition) is 0. The molecule has 0 radical (unpaired) electrons. The number of Topliss-reactive ketones (excluding diaryl/α,β-unsaturated/α-hetero) is 1. The van der Waals surface area contributed by atoms with E-state index in [-0.39, 0.29) is 29.9 Å². The van der Waals surface area contributed by atoms with E-state index in [2.05, 4.69) is 33.9 Å². The molecule has 6 nitrogen and oxygen atoms in total. The van der Waals surface area contributed by atoms with Gasteiger partial charge in [-0.15, -0.1) is 0 Å². The van der Waals surface area contributed by atoms with Crippen molar-refractivity contribution in [2.24, 2.45) is 0 Å². The molecule has 0 unspecified atom stereocenters. The van der Waals surface area contributed by atoms with Crippen LogP contribution in [0.25, 0.3) is 0 Å². The fourth-order valence-electron chi connectivity index (χ4n) is 3.35. The fraction of sp³-hybridized carbons (Fsp3) is 0.652. The van der Waals surface area contributed by atoms with Gasteiger partial charge in [0.15, 0.2) is 8.32 Å². The van der Waals surface area contributed by atoms with Gasteiger partial charge in [-0.25, -0.2) is 4.79 Å². The van der Waals surface area contributed by atoms with E-state index in [1.807, 2.05) is 44.2 Å². The summed E-state index contributed by atoms with van der Waals surface area (Å²) in [7, 11) is -2.17. The average Bonchev–Trinajstić information content (AvgIpc) is 2.93. The van der Waals surface area contributed by atoms with Crippen molar-refractivity contribution in [3.63, 3.8) is 0 Å². The maximum Gasteiger partial charge on any atom is 0.412 e. The van der Waals surface area contributed by atoms with Crippen molar-refractivity contribution in [1.82, 2.24) is 4.90 Å². The minimum Gasteiger partial charge on any atom is -0.444 e. The van der Waals surface area contributed by atoms with Crippen molar-refractivity contribution in [3.8, 4) is 0 Å². The number of ether oxygens (including phenoxy) is 2. The first-order chi connectivity index (χ1) is 13.7. The lowest BCUT2D eigenvalue weighted by Crippen LogP contribution is -2.56. The zero-order valence-corrected chi connectivity index (χ0v) is 20.7. The van der Waals surface area contributed by atoms with Crippen molar-refractivity contribution in [2.75, 3.05) is 6.61 Å². The smallest absolute Gasteiger partial charge is 0.412 e. The maximum absolute atomic E-state index is 13.1. The van der Waals surface area contributed by atoms with Crippen LogP contribution in [0.3, 0.4) is 0 Å². The summed E-state index contributed by atoms with van der Waals surface area (Å²) in [6.45, 7) is 16.5. The third-order valence-electron chi connectivity index (χ3n) is 6.09. The fourth-order valence-corrected chi connectivity index (χ4v) is 4.70. The van der Waals surface area contributed by atoms with E-state index in [4.69, 9.17) is 13.9 Å². The molecular weight excluding hydrogens is 398 g/mol. The number of nitrogens with zero attached hydrogens (tertiary/aromatic N) is 1. The summed E-state index contributed by atoms with van der Waals surface area (Å²) >= 11 is 0. The molecule has 7 heteroatoms. The van der Waals surface area contributed by atoms with Crippen LogP contribution in [-0.2, 0) is 25.3 Å². The Labute approximate surface area is 182 Å². The summed E-state index contributed by atoms with van der Waals surface area (Å²) < 4.78 is 18.2. The van der Waals surface area contributed by atoms with Crippen molar-refractivity contribution in [3.05, 3.63) is 35.9 Å². The molecule has 1 saturated heterocycles. The monoisotopic (exact) mass is 435 g/mol. The Hall–Kier alpha value is -1.70. The Balaban J connectivity index is 2.25. The topological polar surface area (TPSA) is 65.1 Å². The van der Waals surface area contributed by atoms with Crippen LogP contribution in [0.1, 0.15) is 53.5 Å². The van der Waals surface area contributed by atoms with Gasteiger partial charge in [-0.05, 0) is 44.5 Å². The quantitative estimate of drug-likeness (QED) is 0.556. The van der Waals surface area contributed by atoms with Crippen LogP contribution in [0.4, 0.5) is 4.79 Å². The second-order valence-corrected chi connectivity index (χ2v) is 14.8. The van der Waals surface area contributed by atoms with Crippen LogP contribution >= 0.6 is 0 Å². The highest BCUT2D eigenvalue weighted by Crippen LogP contribution is 2.40. The third kappa shape index (κ3) is 5.92. The molecule has 2 rings (SSSR count). The van der Waals surface area contributed by atoms with E-state index in [0.29, 0.717) is 6.61 Å². The van der Waals surface area contributed by atoms with E-state index in [1.165, 1.54) is 0 Å². The van der Waals surface area contributed by atoms with Gasteiger partial charge in [0.05, 0.1) is 18.8 Å². The van der Waals surface area contributed by atoms with Gasteiger partial charge >= 0.3 is 6.09 Å². The van der Waals surface area contributed by atoms with E-state index >= 15 is 0 Å². The lowest BCUT2D eigenvalue weighted by Gasteiger charge is -2.42. The Morgan fingerprint density at radius 2 is 1.83 bits per heavy atom. The van der Waals surface area contributed by atoms with E-state index in [9.17, 15) is 9.59 Å². The first-order valence-corrected chi connectivity index (χ1v) is 13.5. The van der Waals surface area contributed by atoms with Crippen molar-refractivity contribution in [2.45, 2.75) is 90.6 Å². The number of rotatable bonds is 7. The number of amides is 1. The highest BCUT2D eigenvalue weighted by Gasteiger charge is 2.50. The van der Waals surface area contributed by atoms with E-state index < -0.39 is 26.2 Å². The molecule has 30 heavy (non-hydrogen) atoms. The predicted molar refractivity (Wildman–Crippen MR) is 120 cm³/mol. The molecule has 1 amide bonds. The molecule has 1 aromatic rings. The minimum atomic E-state index is -2.17. The molecule has 0 spiro atoms. The van der Waals surface area contributed by atoms with E-state index in [0.717, 1.165) is 5.56 Å². The molecule has 1 aliphatic heterocycles. The lowest BCUT2D eigenvalue weighted by molar-refractivity contribution is -0.119. The number of carbonyl (C=O) groups excluding carboxylic acids is 2. The molecule has 168 valence electrons. The molecule has 1 aliphatic rings. The van der Waals surface area contributed by atoms with Crippen LogP contribution in [0, 0.1) is 0 Å². The summed E-state index contributed by atoms with van der Waals surface area (Å²) in [5, 5.41) is -0.0182. The summed E-state index contributed by atoms with van der Waals surface area (Å²) in [5.74, 6) is 0.0287.